The van der Waals surface area contributed by atoms with Gasteiger partial charge in [0.2, 0.25) is 0 Å². The van der Waals surface area contributed by atoms with Crippen LogP contribution in [0.2, 0.25) is 0 Å². The van der Waals surface area contributed by atoms with Gasteiger partial charge in [-0.3, -0.25) is 0 Å². The van der Waals surface area contributed by atoms with Crippen molar-refractivity contribution in [1.82, 2.24) is 5.32 Å². The van der Waals surface area contributed by atoms with Crippen LogP contribution in [0.1, 0.15) is 25.3 Å². The summed E-state index contributed by atoms with van der Waals surface area (Å²) in [4.78, 5) is 2.14. The second-order valence-electron chi connectivity index (χ2n) is 5.55. The zero-order valence-corrected chi connectivity index (χ0v) is 11.2. The zero-order chi connectivity index (χ0) is 12.3. The molecule has 1 atom stereocenters. The average Bonchev–Trinajstić information content (AvgIpc) is 3.11. The van der Waals surface area contributed by atoms with Gasteiger partial charge in [-0.2, -0.15) is 0 Å². The summed E-state index contributed by atoms with van der Waals surface area (Å²) in [6.45, 7) is 3.48. The molecule has 0 bridgehead atoms. The lowest BCUT2D eigenvalue weighted by atomic mass is 10.0. The third-order valence-electron chi connectivity index (χ3n) is 3.37. The molecule has 0 spiro atoms. The lowest BCUT2D eigenvalue weighted by molar-refractivity contribution is 0.509. The molecule has 1 unspecified atom stereocenters. The fraction of sp³-hybridized carbons (Fsp3) is 0.600. The van der Waals surface area contributed by atoms with Gasteiger partial charge in [0.15, 0.2) is 0 Å². The minimum atomic E-state index is 0.723. The Morgan fingerprint density at radius 2 is 1.88 bits per heavy atom. The predicted molar refractivity (Wildman–Crippen MR) is 74.7 cm³/mol. The van der Waals surface area contributed by atoms with Gasteiger partial charge in [-0.15, -0.1) is 0 Å². The number of benzene rings is 1. The fourth-order valence-corrected chi connectivity index (χ4v) is 2.06. The van der Waals surface area contributed by atoms with Crippen LogP contribution in [0.3, 0.4) is 0 Å². The van der Waals surface area contributed by atoms with Crippen molar-refractivity contribution in [3.63, 3.8) is 0 Å². The molecular formula is C15H24N2. The third-order valence-corrected chi connectivity index (χ3v) is 3.37. The maximum Gasteiger partial charge on any atom is 0.0361 e. The number of hydrogen-bond acceptors (Lipinski definition) is 2. The minimum absolute atomic E-state index is 0.723. The van der Waals surface area contributed by atoms with E-state index in [1.165, 1.54) is 30.5 Å². The summed E-state index contributed by atoms with van der Waals surface area (Å²) in [5.74, 6) is 0.723. The van der Waals surface area contributed by atoms with E-state index in [1.54, 1.807) is 0 Å². The van der Waals surface area contributed by atoms with Crippen LogP contribution < -0.4 is 10.2 Å². The predicted octanol–water partition coefficient (Wildman–Crippen LogP) is 2.68. The van der Waals surface area contributed by atoms with E-state index in [0.29, 0.717) is 0 Å². The first-order valence-electron chi connectivity index (χ1n) is 6.65. The van der Waals surface area contributed by atoms with E-state index in [0.717, 1.165) is 18.5 Å². The Labute approximate surface area is 105 Å². The van der Waals surface area contributed by atoms with E-state index >= 15 is 0 Å². The highest BCUT2D eigenvalue weighted by atomic mass is 15.1. The van der Waals surface area contributed by atoms with Gasteiger partial charge in [0.1, 0.15) is 0 Å². The van der Waals surface area contributed by atoms with Crippen molar-refractivity contribution in [3.8, 4) is 0 Å². The van der Waals surface area contributed by atoms with Crippen LogP contribution >= 0.6 is 0 Å². The molecule has 1 fully saturated rings. The SMILES string of the molecule is CC(CNC1CC1)Cc1ccc(N(C)C)cc1. The van der Waals surface area contributed by atoms with Crippen LogP contribution in [0, 0.1) is 5.92 Å². The van der Waals surface area contributed by atoms with Crippen molar-refractivity contribution in [2.45, 2.75) is 32.2 Å². The number of hydrogen-bond donors (Lipinski definition) is 1. The summed E-state index contributed by atoms with van der Waals surface area (Å²) in [6, 6.07) is 9.74. The van der Waals surface area contributed by atoms with Crippen molar-refractivity contribution >= 4 is 5.69 Å². The molecule has 0 heterocycles. The average molecular weight is 232 g/mol. The fourth-order valence-electron chi connectivity index (χ4n) is 2.06. The second-order valence-corrected chi connectivity index (χ2v) is 5.55. The topological polar surface area (TPSA) is 15.3 Å². The van der Waals surface area contributed by atoms with E-state index in [9.17, 15) is 0 Å². The van der Waals surface area contributed by atoms with Crippen molar-refractivity contribution in [2.24, 2.45) is 5.92 Å². The Kier molecular flexibility index (Phi) is 4.06. The first kappa shape index (κ1) is 12.4. The molecule has 17 heavy (non-hydrogen) atoms. The van der Waals surface area contributed by atoms with E-state index in [4.69, 9.17) is 0 Å². The highest BCUT2D eigenvalue weighted by Crippen LogP contribution is 2.19. The van der Waals surface area contributed by atoms with Crippen molar-refractivity contribution in [3.05, 3.63) is 29.8 Å². The maximum atomic E-state index is 3.60. The van der Waals surface area contributed by atoms with Crippen LogP contribution in [0.25, 0.3) is 0 Å². The van der Waals surface area contributed by atoms with Crippen LogP contribution in [0.5, 0.6) is 0 Å². The molecule has 0 aliphatic heterocycles. The summed E-state index contributed by atoms with van der Waals surface area (Å²) in [5.41, 5.74) is 2.72. The Hall–Kier alpha value is -1.02. The molecule has 0 amide bonds. The summed E-state index contributed by atoms with van der Waals surface area (Å²) in [7, 11) is 4.16. The number of rotatable bonds is 6. The van der Waals surface area contributed by atoms with Crippen LogP contribution in [0.15, 0.2) is 24.3 Å². The first-order valence-corrected chi connectivity index (χ1v) is 6.65. The smallest absolute Gasteiger partial charge is 0.0361 e. The molecule has 1 aromatic rings. The van der Waals surface area contributed by atoms with Gasteiger partial charge in [-0.25, -0.2) is 0 Å². The van der Waals surface area contributed by atoms with Crippen molar-refractivity contribution < 1.29 is 0 Å². The van der Waals surface area contributed by atoms with Gasteiger partial charge in [-0.1, -0.05) is 19.1 Å². The molecule has 1 aliphatic rings. The molecular weight excluding hydrogens is 208 g/mol. The molecule has 2 nitrogen and oxygen atoms in total. The van der Waals surface area contributed by atoms with E-state index in [1.807, 2.05) is 0 Å². The molecule has 0 aromatic heterocycles. The van der Waals surface area contributed by atoms with Crippen LogP contribution in [-0.2, 0) is 6.42 Å². The van der Waals surface area contributed by atoms with E-state index < -0.39 is 0 Å². The molecule has 94 valence electrons. The minimum Gasteiger partial charge on any atom is -0.378 e. The van der Waals surface area contributed by atoms with Gasteiger partial charge in [0.25, 0.3) is 0 Å². The van der Waals surface area contributed by atoms with Crippen molar-refractivity contribution in [2.75, 3.05) is 25.5 Å². The summed E-state index contributed by atoms with van der Waals surface area (Å²) < 4.78 is 0. The molecule has 1 aromatic carbocycles. The summed E-state index contributed by atoms with van der Waals surface area (Å²) in [5, 5.41) is 3.60. The van der Waals surface area contributed by atoms with Gasteiger partial charge in [-0.05, 0) is 49.4 Å². The lowest BCUT2D eigenvalue weighted by Crippen LogP contribution is -2.24. The van der Waals surface area contributed by atoms with Crippen LogP contribution in [0.4, 0.5) is 5.69 Å². The summed E-state index contributed by atoms with van der Waals surface area (Å²) >= 11 is 0. The lowest BCUT2D eigenvalue weighted by Gasteiger charge is -2.15. The third kappa shape index (κ3) is 4.04. The van der Waals surface area contributed by atoms with Gasteiger partial charge >= 0.3 is 0 Å². The standard InChI is InChI=1S/C15H24N2/c1-12(11-16-14-6-7-14)10-13-4-8-15(9-5-13)17(2)3/h4-5,8-9,12,14,16H,6-7,10-11H2,1-3H3. The van der Waals surface area contributed by atoms with Gasteiger partial charge in [0.05, 0.1) is 0 Å². The molecule has 2 heteroatoms. The molecule has 0 radical (unpaired) electrons. The second kappa shape index (κ2) is 5.54. The number of anilines is 1. The zero-order valence-electron chi connectivity index (χ0n) is 11.2. The molecule has 1 aliphatic carbocycles. The summed E-state index contributed by atoms with van der Waals surface area (Å²) in [6.07, 6.45) is 3.93. The molecule has 2 rings (SSSR count). The highest BCUT2D eigenvalue weighted by Gasteiger charge is 2.20. The maximum absolute atomic E-state index is 3.60. The van der Waals surface area contributed by atoms with Crippen molar-refractivity contribution in [1.29, 1.82) is 0 Å². The largest absolute Gasteiger partial charge is 0.378 e. The monoisotopic (exact) mass is 232 g/mol. The molecule has 1 saturated carbocycles. The number of nitrogens with zero attached hydrogens (tertiary/aromatic N) is 1. The Balaban J connectivity index is 1.80. The Morgan fingerprint density at radius 1 is 1.24 bits per heavy atom. The number of nitrogens with one attached hydrogen (secondary N) is 1. The van der Waals surface area contributed by atoms with E-state index in [2.05, 4.69) is 55.5 Å². The quantitative estimate of drug-likeness (QED) is 0.811. The first-order chi connectivity index (χ1) is 8.15. The van der Waals surface area contributed by atoms with E-state index in [-0.39, 0.29) is 0 Å². The molecule has 1 N–H and O–H groups in total. The van der Waals surface area contributed by atoms with Crippen LogP contribution in [-0.4, -0.2) is 26.7 Å². The normalized spacial score (nSPS) is 16.9. The Bertz CT molecular complexity index is 338. The molecule has 0 saturated heterocycles. The highest BCUT2D eigenvalue weighted by molar-refractivity contribution is 5.46. The van der Waals surface area contributed by atoms with Gasteiger partial charge in [0, 0.05) is 25.8 Å². The Morgan fingerprint density at radius 3 is 2.41 bits per heavy atom. The van der Waals surface area contributed by atoms with Gasteiger partial charge < -0.3 is 10.2 Å².